The van der Waals surface area contributed by atoms with Crippen LogP contribution in [0.1, 0.15) is 18.1 Å². The van der Waals surface area contributed by atoms with Gasteiger partial charge in [0.1, 0.15) is 5.60 Å². The highest BCUT2D eigenvalue weighted by Gasteiger charge is 2.25. The molecular weight excluding hydrogens is 268 g/mol. The van der Waals surface area contributed by atoms with E-state index < -0.39 is 5.60 Å². The first-order valence-corrected chi connectivity index (χ1v) is 6.70. The lowest BCUT2D eigenvalue weighted by Gasteiger charge is -2.22. The molecule has 112 valence electrons. The Kier molecular flexibility index (Phi) is 4.28. The molecule has 1 aromatic heterocycles. The number of nitrogens with one attached hydrogen (secondary N) is 2. The van der Waals surface area contributed by atoms with E-state index in [0.29, 0.717) is 5.56 Å². The zero-order valence-corrected chi connectivity index (χ0v) is 12.4. The van der Waals surface area contributed by atoms with Crippen LogP contribution in [-0.4, -0.2) is 27.5 Å². The van der Waals surface area contributed by atoms with E-state index in [-0.39, 0.29) is 12.6 Å². The summed E-state index contributed by atoms with van der Waals surface area (Å²) in [5.74, 6) is 0. The maximum Gasteiger partial charge on any atom is 0.319 e. The Morgan fingerprint density at radius 2 is 2.14 bits per heavy atom. The van der Waals surface area contributed by atoms with E-state index in [1.807, 2.05) is 31.2 Å². The number of rotatable bonds is 4. The van der Waals surface area contributed by atoms with Gasteiger partial charge in [-0.2, -0.15) is 5.10 Å². The Bertz CT molecular complexity index is 634. The third-order valence-corrected chi connectivity index (χ3v) is 3.31. The van der Waals surface area contributed by atoms with E-state index >= 15 is 0 Å². The van der Waals surface area contributed by atoms with Crippen molar-refractivity contribution >= 4 is 11.7 Å². The van der Waals surface area contributed by atoms with Gasteiger partial charge >= 0.3 is 6.03 Å². The third-order valence-electron chi connectivity index (χ3n) is 3.31. The summed E-state index contributed by atoms with van der Waals surface area (Å²) in [5, 5.41) is 19.8. The third kappa shape index (κ3) is 3.82. The van der Waals surface area contributed by atoms with Gasteiger partial charge in [-0.05, 0) is 25.5 Å². The predicted octanol–water partition coefficient (Wildman–Crippen LogP) is 1.76. The maximum atomic E-state index is 11.9. The second kappa shape index (κ2) is 5.97. The first-order chi connectivity index (χ1) is 9.88. The SMILES string of the molecule is Cc1ccccc1NC(=O)NCC(C)(O)c1cnn(C)c1. The highest BCUT2D eigenvalue weighted by atomic mass is 16.3. The van der Waals surface area contributed by atoms with Crippen molar-refractivity contribution in [3.63, 3.8) is 0 Å². The summed E-state index contributed by atoms with van der Waals surface area (Å²) in [4.78, 5) is 11.9. The average Bonchev–Trinajstić information content (AvgIpc) is 2.87. The summed E-state index contributed by atoms with van der Waals surface area (Å²) >= 11 is 0. The molecule has 0 fully saturated rings. The molecule has 6 heteroatoms. The van der Waals surface area contributed by atoms with E-state index in [2.05, 4.69) is 15.7 Å². The fourth-order valence-electron chi connectivity index (χ4n) is 1.93. The number of hydrogen-bond acceptors (Lipinski definition) is 3. The Hall–Kier alpha value is -2.34. The normalized spacial score (nSPS) is 13.5. The van der Waals surface area contributed by atoms with Crippen molar-refractivity contribution in [2.75, 3.05) is 11.9 Å². The van der Waals surface area contributed by atoms with Gasteiger partial charge in [-0.15, -0.1) is 0 Å². The number of aromatic nitrogens is 2. The number of urea groups is 1. The van der Waals surface area contributed by atoms with Crippen molar-refractivity contribution in [3.8, 4) is 0 Å². The number of amides is 2. The van der Waals surface area contributed by atoms with Gasteiger partial charge in [0.25, 0.3) is 0 Å². The molecule has 0 aliphatic heterocycles. The number of benzene rings is 1. The van der Waals surface area contributed by atoms with Gasteiger partial charge in [0, 0.05) is 24.5 Å². The number of carbonyl (C=O) groups excluding carboxylic acids is 1. The second-order valence-electron chi connectivity index (χ2n) is 5.30. The molecule has 2 rings (SSSR count). The summed E-state index contributed by atoms with van der Waals surface area (Å²) in [7, 11) is 1.78. The molecule has 1 atom stereocenters. The number of aliphatic hydroxyl groups is 1. The molecular formula is C15H20N4O2. The molecule has 0 saturated heterocycles. The standard InChI is InChI=1S/C15H20N4O2/c1-11-6-4-5-7-13(11)18-14(20)16-10-15(2,21)12-8-17-19(3)9-12/h4-9,21H,10H2,1-3H3,(H2,16,18,20). The zero-order valence-electron chi connectivity index (χ0n) is 12.4. The summed E-state index contributed by atoms with van der Waals surface area (Å²) in [6.45, 7) is 3.65. The molecule has 1 aromatic carbocycles. The van der Waals surface area contributed by atoms with Crippen molar-refractivity contribution < 1.29 is 9.90 Å². The molecule has 2 amide bonds. The molecule has 0 radical (unpaired) electrons. The van der Waals surface area contributed by atoms with Crippen LogP contribution in [0.3, 0.4) is 0 Å². The minimum Gasteiger partial charge on any atom is -0.383 e. The molecule has 21 heavy (non-hydrogen) atoms. The van der Waals surface area contributed by atoms with E-state index in [0.717, 1.165) is 11.3 Å². The molecule has 3 N–H and O–H groups in total. The second-order valence-corrected chi connectivity index (χ2v) is 5.30. The fourth-order valence-corrected chi connectivity index (χ4v) is 1.93. The Labute approximate surface area is 123 Å². The molecule has 0 aliphatic carbocycles. The van der Waals surface area contributed by atoms with Crippen molar-refractivity contribution in [2.24, 2.45) is 7.05 Å². The van der Waals surface area contributed by atoms with Gasteiger partial charge < -0.3 is 15.7 Å². The largest absolute Gasteiger partial charge is 0.383 e. The Morgan fingerprint density at radius 1 is 1.43 bits per heavy atom. The molecule has 1 heterocycles. The van der Waals surface area contributed by atoms with E-state index in [4.69, 9.17) is 0 Å². The molecule has 1 unspecified atom stereocenters. The highest BCUT2D eigenvalue weighted by molar-refractivity contribution is 5.90. The van der Waals surface area contributed by atoms with Gasteiger partial charge in [0.2, 0.25) is 0 Å². The number of para-hydroxylation sites is 1. The first-order valence-electron chi connectivity index (χ1n) is 6.70. The first kappa shape index (κ1) is 15.1. The summed E-state index contributed by atoms with van der Waals surface area (Å²) in [6, 6.07) is 7.16. The molecule has 0 spiro atoms. The van der Waals surface area contributed by atoms with E-state index in [1.54, 1.807) is 31.0 Å². The van der Waals surface area contributed by atoms with Crippen molar-refractivity contribution in [1.82, 2.24) is 15.1 Å². The van der Waals surface area contributed by atoms with Crippen molar-refractivity contribution in [2.45, 2.75) is 19.4 Å². The summed E-state index contributed by atoms with van der Waals surface area (Å²) < 4.78 is 1.61. The zero-order chi connectivity index (χ0) is 15.5. The van der Waals surface area contributed by atoms with Crippen LogP contribution in [0.5, 0.6) is 0 Å². The molecule has 0 saturated carbocycles. The lowest BCUT2D eigenvalue weighted by Crippen LogP contribution is -2.40. The van der Waals surface area contributed by atoms with Crippen molar-refractivity contribution in [3.05, 3.63) is 47.8 Å². The van der Waals surface area contributed by atoms with Gasteiger partial charge in [-0.3, -0.25) is 4.68 Å². The highest BCUT2D eigenvalue weighted by Crippen LogP contribution is 2.18. The van der Waals surface area contributed by atoms with Gasteiger partial charge in [0.15, 0.2) is 0 Å². The fraction of sp³-hybridized carbons (Fsp3) is 0.333. The van der Waals surface area contributed by atoms with Gasteiger partial charge in [-0.1, -0.05) is 18.2 Å². The number of hydrogen-bond donors (Lipinski definition) is 3. The number of carbonyl (C=O) groups is 1. The number of anilines is 1. The van der Waals surface area contributed by atoms with Crippen LogP contribution in [0.15, 0.2) is 36.7 Å². The Balaban J connectivity index is 1.93. The van der Waals surface area contributed by atoms with Gasteiger partial charge in [-0.25, -0.2) is 4.79 Å². The van der Waals surface area contributed by atoms with E-state index in [9.17, 15) is 9.90 Å². The van der Waals surface area contributed by atoms with Crippen LogP contribution in [0, 0.1) is 6.92 Å². The summed E-state index contributed by atoms with van der Waals surface area (Å²) in [6.07, 6.45) is 3.31. The average molecular weight is 288 g/mol. The van der Waals surface area contributed by atoms with Crippen LogP contribution in [0.2, 0.25) is 0 Å². The van der Waals surface area contributed by atoms with Crippen LogP contribution in [0.4, 0.5) is 10.5 Å². The van der Waals surface area contributed by atoms with Crippen LogP contribution in [-0.2, 0) is 12.6 Å². The smallest absolute Gasteiger partial charge is 0.319 e. The topological polar surface area (TPSA) is 79.2 Å². The quantitative estimate of drug-likeness (QED) is 0.802. The lowest BCUT2D eigenvalue weighted by atomic mass is 10.00. The molecule has 6 nitrogen and oxygen atoms in total. The lowest BCUT2D eigenvalue weighted by molar-refractivity contribution is 0.0599. The summed E-state index contributed by atoms with van der Waals surface area (Å²) in [5.41, 5.74) is 1.21. The van der Waals surface area contributed by atoms with Crippen molar-refractivity contribution in [1.29, 1.82) is 0 Å². The molecule has 0 aliphatic rings. The van der Waals surface area contributed by atoms with Crippen LogP contribution >= 0.6 is 0 Å². The monoisotopic (exact) mass is 288 g/mol. The number of aryl methyl sites for hydroxylation is 2. The van der Waals surface area contributed by atoms with Gasteiger partial charge in [0.05, 0.1) is 12.7 Å². The minimum absolute atomic E-state index is 0.0937. The molecule has 2 aromatic rings. The van der Waals surface area contributed by atoms with Crippen LogP contribution in [0.25, 0.3) is 0 Å². The maximum absolute atomic E-state index is 11.9. The minimum atomic E-state index is -1.17. The number of nitrogens with zero attached hydrogens (tertiary/aromatic N) is 2. The molecule has 0 bridgehead atoms. The Morgan fingerprint density at radius 3 is 2.76 bits per heavy atom. The predicted molar refractivity (Wildman–Crippen MR) is 81.0 cm³/mol. The van der Waals surface area contributed by atoms with Crippen LogP contribution < -0.4 is 10.6 Å². The van der Waals surface area contributed by atoms with E-state index in [1.165, 1.54) is 0 Å².